The molecule has 0 aliphatic heterocycles. The van der Waals surface area contributed by atoms with E-state index in [1.54, 1.807) is 74.4 Å². The smallest absolute Gasteiger partial charge is 0.762 e. The van der Waals surface area contributed by atoms with Crippen LogP contribution in [0.5, 0.6) is 0 Å². The number of nitriles is 8. The van der Waals surface area contributed by atoms with Gasteiger partial charge in [-0.2, -0.15) is 42.1 Å². The summed E-state index contributed by atoms with van der Waals surface area (Å²) in [6.07, 6.45) is 19.6. The van der Waals surface area contributed by atoms with E-state index in [0.717, 1.165) is 22.8 Å². The van der Waals surface area contributed by atoms with Crippen molar-refractivity contribution in [3.05, 3.63) is 118 Å². The van der Waals surface area contributed by atoms with Gasteiger partial charge >= 0.3 is 34.1 Å². The molecule has 22 heteroatoms. The molecule has 0 unspecified atom stereocenters. The van der Waals surface area contributed by atoms with Crippen molar-refractivity contribution in [1.29, 1.82) is 42.1 Å². The third-order valence-corrected chi connectivity index (χ3v) is 4.12. The number of allylic oxidation sites excluding steroid dienone is 4. The van der Waals surface area contributed by atoms with Crippen molar-refractivity contribution < 1.29 is 34.1 Å². The molecule has 0 fully saturated rings. The molecule has 20 nitrogen and oxygen atoms in total. The number of aromatic nitrogens is 8. The quantitative estimate of drug-likeness (QED) is 0.160. The molecule has 0 aliphatic carbocycles. The summed E-state index contributed by atoms with van der Waals surface area (Å²) in [6.45, 7) is 0. The molecule has 4 aromatic heterocycles. The minimum Gasteiger partial charge on any atom is -0.762 e. The van der Waals surface area contributed by atoms with Gasteiger partial charge < -0.3 is 21.6 Å². The van der Waals surface area contributed by atoms with Crippen LogP contribution >= 0.6 is 0 Å². The minimum absolute atomic E-state index is 0. The summed E-state index contributed by atoms with van der Waals surface area (Å²) in [5, 5.41) is 93.5. The number of nitrogens with zero attached hydrogens (tertiary/aromatic N) is 20. The molecule has 54 heavy (non-hydrogen) atoms. The van der Waals surface area contributed by atoms with Crippen molar-refractivity contribution in [2.45, 2.75) is 0 Å². The third kappa shape index (κ3) is 25.1. The van der Waals surface area contributed by atoms with Crippen LogP contribution in [0.4, 0.5) is 0 Å². The average Bonchev–Trinajstić information content (AvgIpc) is 3.23. The Morgan fingerprint density at radius 1 is 0.333 bits per heavy atom. The summed E-state index contributed by atoms with van der Waals surface area (Å²) >= 11 is 0. The monoisotopic (exact) mass is 802 g/mol. The first-order chi connectivity index (χ1) is 25.3. The van der Waals surface area contributed by atoms with Crippen molar-refractivity contribution in [2.24, 2.45) is 0 Å². The number of hydrogen-bond donors (Lipinski definition) is 0. The second-order valence-corrected chi connectivity index (χ2v) is 7.20. The van der Waals surface area contributed by atoms with Crippen molar-refractivity contribution in [2.75, 3.05) is 0 Å². The van der Waals surface area contributed by atoms with Gasteiger partial charge in [0.2, 0.25) is 0 Å². The van der Waals surface area contributed by atoms with E-state index in [4.69, 9.17) is 63.7 Å². The fourth-order valence-corrected chi connectivity index (χ4v) is 2.03. The molecule has 0 amide bonds. The second-order valence-electron chi connectivity index (χ2n) is 7.20. The molecule has 0 saturated carbocycles. The van der Waals surface area contributed by atoms with Crippen LogP contribution in [-0.4, -0.2) is 63.4 Å². The van der Waals surface area contributed by atoms with Crippen LogP contribution in [0.3, 0.4) is 0 Å². The zero-order valence-corrected chi connectivity index (χ0v) is 28.4. The van der Waals surface area contributed by atoms with Crippen LogP contribution in [0.1, 0.15) is 0 Å². The van der Waals surface area contributed by atoms with Gasteiger partial charge in [-0.25, -0.2) is 23.5 Å². The van der Waals surface area contributed by atoms with Gasteiger partial charge in [-0.3, -0.25) is 39.9 Å². The summed E-state index contributed by atoms with van der Waals surface area (Å²) in [5.74, 6) is 5.58. The van der Waals surface area contributed by atoms with Gasteiger partial charge in [-0.15, -0.1) is 0 Å². The Bertz CT molecular complexity index is 1890. The molecule has 4 rings (SSSR count). The van der Waals surface area contributed by atoms with Gasteiger partial charge in [0.25, 0.3) is 0 Å². The maximum Gasteiger partial charge on any atom is 2.00 e. The molecule has 4 aromatic rings. The van der Waals surface area contributed by atoms with Crippen LogP contribution < -0.4 is 0 Å². The summed E-state index contributed by atoms with van der Waals surface area (Å²) in [5.41, 5.74) is 1.35. The Hall–Kier alpha value is -8.92. The standard InChI is InChI=1S/2C8H6N4.4C4N3.2Cu/c2*1-3-11-7(5-9-1)8-6-10-2-4-12-8;4*5-1-4(2-6)3-7;;/h2*1-6H;;;;;;/q;;4*-1;2*+2. The predicted molar refractivity (Wildman–Crippen MR) is 179 cm³/mol. The van der Waals surface area contributed by atoms with Crippen molar-refractivity contribution in [1.82, 2.24) is 39.9 Å². The van der Waals surface area contributed by atoms with Gasteiger partial charge in [0.05, 0.1) is 24.8 Å². The zero-order valence-electron chi connectivity index (χ0n) is 26.5. The molecular formula is C32H12Cu2N20. The van der Waals surface area contributed by atoms with Gasteiger partial charge in [0.1, 0.15) is 93.6 Å². The van der Waals surface area contributed by atoms with Crippen LogP contribution in [0.15, 0.2) is 96.7 Å². The van der Waals surface area contributed by atoms with Crippen LogP contribution in [0.25, 0.3) is 44.4 Å². The maximum atomic E-state index is 7.79. The molecular weight excluding hydrogens is 792 g/mol. The van der Waals surface area contributed by atoms with E-state index < -0.39 is 22.3 Å². The van der Waals surface area contributed by atoms with Gasteiger partial charge in [-0.05, 0) is 0 Å². The summed E-state index contributed by atoms with van der Waals surface area (Å²) < 4.78 is 0. The maximum absolute atomic E-state index is 7.79. The van der Waals surface area contributed by atoms with E-state index >= 15 is 0 Å². The topological polar surface area (TPSA) is 383 Å². The molecule has 4 heterocycles. The van der Waals surface area contributed by atoms with E-state index in [2.05, 4.69) is 39.9 Å². The number of hydrogen-bond acceptors (Lipinski definition) is 16. The third-order valence-electron chi connectivity index (χ3n) is 4.12. The van der Waals surface area contributed by atoms with Crippen molar-refractivity contribution in [3.8, 4) is 71.3 Å². The van der Waals surface area contributed by atoms with Gasteiger partial charge in [0, 0.05) is 49.6 Å². The predicted octanol–water partition coefficient (Wildman–Crippen LogP) is 2.66. The van der Waals surface area contributed by atoms with Crippen molar-refractivity contribution >= 4 is 23.5 Å². The van der Waals surface area contributed by atoms with Gasteiger partial charge in [-0.1, -0.05) is 0 Å². The normalized spacial score (nSPS) is 6.81. The first-order valence-electron chi connectivity index (χ1n) is 12.7. The van der Waals surface area contributed by atoms with E-state index in [0.29, 0.717) is 0 Å². The molecule has 0 bridgehead atoms. The van der Waals surface area contributed by atoms with Crippen LogP contribution in [-0.2, 0) is 34.1 Å². The SMILES string of the molecule is N#CC(=C=[N-])C#N.N#CC(=C=[N-])C#N.N#CC(=C=[N-])C#N.N#CC(=C=[N-])C#N.[Cu+2].[Cu+2].c1cnc(-c2cnccn2)cn1.c1cnc(-c2cnccn2)cn1. The molecule has 0 N–H and O–H groups in total. The van der Waals surface area contributed by atoms with E-state index in [1.807, 2.05) is 0 Å². The minimum atomic E-state index is -0.403. The largest absolute Gasteiger partial charge is 2.00 e. The van der Waals surface area contributed by atoms with Crippen LogP contribution in [0, 0.1) is 90.6 Å². The Kier molecular flexibility index (Phi) is 35.5. The Balaban J connectivity index is -0.000000282. The van der Waals surface area contributed by atoms with E-state index in [9.17, 15) is 0 Å². The van der Waals surface area contributed by atoms with E-state index in [-0.39, 0.29) is 34.1 Å². The summed E-state index contributed by atoms with van der Waals surface area (Å²) in [7, 11) is 0. The Labute approximate surface area is 328 Å². The zero-order chi connectivity index (χ0) is 39.2. The average molecular weight is 804 g/mol. The molecule has 2 radical (unpaired) electrons. The summed E-state index contributed by atoms with van der Waals surface area (Å²) in [6, 6.07) is 11.2. The number of rotatable bonds is 2. The van der Waals surface area contributed by atoms with Gasteiger partial charge in [0.15, 0.2) is 0 Å². The van der Waals surface area contributed by atoms with Crippen LogP contribution in [0.2, 0.25) is 0 Å². The Morgan fingerprint density at radius 3 is 0.574 bits per heavy atom. The fourth-order valence-electron chi connectivity index (χ4n) is 2.03. The molecule has 0 aliphatic rings. The van der Waals surface area contributed by atoms with Crippen molar-refractivity contribution in [3.63, 3.8) is 0 Å². The Morgan fingerprint density at radius 2 is 0.500 bits per heavy atom. The first-order valence-corrected chi connectivity index (χ1v) is 12.7. The van der Waals surface area contributed by atoms with E-state index in [1.165, 1.54) is 72.0 Å². The first kappa shape index (κ1) is 51.9. The molecule has 0 spiro atoms. The second kappa shape index (κ2) is 36.9. The molecule has 0 atom stereocenters. The fraction of sp³-hybridized carbons (Fsp3) is 0. The molecule has 0 saturated heterocycles. The summed E-state index contributed by atoms with van der Waals surface area (Å²) in [4.78, 5) is 32.1. The molecule has 262 valence electrons. The molecule has 0 aromatic carbocycles.